The van der Waals surface area contributed by atoms with Gasteiger partial charge in [0.1, 0.15) is 11.9 Å². The van der Waals surface area contributed by atoms with Gasteiger partial charge in [-0.15, -0.1) is 0 Å². The number of aliphatic hydroxyl groups excluding tert-OH is 1. The maximum atomic E-state index is 13.8. The molecule has 3 aromatic carbocycles. The first-order valence-corrected chi connectivity index (χ1v) is 14.5. The number of ether oxygens (including phenoxy) is 5. The van der Waals surface area contributed by atoms with Crippen molar-refractivity contribution in [3.8, 4) is 28.7 Å². The number of amides is 3. The molecule has 6 rings (SSSR count). The molecule has 3 N–H and O–H groups in total. The number of anilines is 2. The van der Waals surface area contributed by atoms with Crippen LogP contribution in [0.5, 0.6) is 28.7 Å². The van der Waals surface area contributed by atoms with Gasteiger partial charge in [-0.05, 0) is 62.0 Å². The number of carbonyl (C=O) groups is 2. The van der Waals surface area contributed by atoms with E-state index in [0.717, 1.165) is 17.1 Å². The van der Waals surface area contributed by atoms with Gasteiger partial charge in [0.05, 0.1) is 18.2 Å². The number of hydrogen-bond donors (Lipinski definition) is 3. The molecule has 3 aromatic rings. The van der Waals surface area contributed by atoms with E-state index in [4.69, 9.17) is 23.7 Å². The van der Waals surface area contributed by atoms with E-state index in [9.17, 15) is 14.7 Å². The van der Waals surface area contributed by atoms with Crippen molar-refractivity contribution < 1.29 is 38.4 Å². The molecule has 12 heteroatoms. The van der Waals surface area contributed by atoms with Crippen LogP contribution in [0.25, 0.3) is 0 Å². The monoisotopic (exact) mass is 604 g/mol. The van der Waals surface area contributed by atoms with Crippen LogP contribution < -0.4 is 34.3 Å². The zero-order valence-electron chi connectivity index (χ0n) is 24.9. The Kier molecular flexibility index (Phi) is 8.36. The third-order valence-electron chi connectivity index (χ3n) is 7.93. The minimum absolute atomic E-state index is 0.0365. The number of rotatable bonds is 8. The normalized spacial score (nSPS) is 19.1. The summed E-state index contributed by atoms with van der Waals surface area (Å²) >= 11 is 0. The van der Waals surface area contributed by atoms with Gasteiger partial charge < -0.3 is 44.3 Å². The first-order valence-electron chi connectivity index (χ1n) is 14.5. The van der Waals surface area contributed by atoms with Crippen LogP contribution in [0.3, 0.4) is 0 Å². The summed E-state index contributed by atoms with van der Waals surface area (Å²) in [6.07, 6.45) is -0.262. The lowest BCUT2D eigenvalue weighted by Crippen LogP contribution is -2.49. The Morgan fingerprint density at radius 3 is 2.25 bits per heavy atom. The second-order valence-corrected chi connectivity index (χ2v) is 11.4. The molecule has 3 aliphatic heterocycles. The van der Waals surface area contributed by atoms with Crippen LogP contribution in [-0.4, -0.2) is 79.3 Å². The van der Waals surface area contributed by atoms with E-state index in [-0.39, 0.29) is 38.1 Å². The summed E-state index contributed by atoms with van der Waals surface area (Å²) in [5.74, 6) is 2.75. The van der Waals surface area contributed by atoms with Crippen LogP contribution in [0.2, 0.25) is 0 Å². The first kappa shape index (κ1) is 29.4. The van der Waals surface area contributed by atoms with Crippen molar-refractivity contribution in [1.82, 2.24) is 9.80 Å². The number of nitrogens with one attached hydrogen (secondary N) is 2. The van der Waals surface area contributed by atoms with Gasteiger partial charge in [-0.25, -0.2) is 4.79 Å². The van der Waals surface area contributed by atoms with E-state index in [1.165, 1.54) is 0 Å². The maximum absolute atomic E-state index is 13.8. The number of nitrogens with zero attached hydrogens (tertiary/aromatic N) is 2. The summed E-state index contributed by atoms with van der Waals surface area (Å²) in [6, 6.07) is 15.1. The molecule has 0 radical (unpaired) electrons. The second kappa shape index (κ2) is 12.5. The lowest BCUT2D eigenvalue weighted by atomic mass is 9.99. The van der Waals surface area contributed by atoms with Gasteiger partial charge in [0, 0.05) is 43.0 Å². The van der Waals surface area contributed by atoms with Gasteiger partial charge in [0.2, 0.25) is 13.6 Å². The highest BCUT2D eigenvalue weighted by molar-refractivity contribution is 6.02. The molecule has 232 valence electrons. The summed E-state index contributed by atoms with van der Waals surface area (Å²) in [5.41, 5.74) is 2.33. The molecule has 0 aliphatic carbocycles. The molecule has 3 atom stereocenters. The Labute approximate surface area is 255 Å². The highest BCUT2D eigenvalue weighted by Crippen LogP contribution is 2.35. The van der Waals surface area contributed by atoms with Crippen molar-refractivity contribution in [3.63, 3.8) is 0 Å². The molecule has 44 heavy (non-hydrogen) atoms. The van der Waals surface area contributed by atoms with Gasteiger partial charge >= 0.3 is 6.03 Å². The third-order valence-corrected chi connectivity index (χ3v) is 7.93. The predicted molar refractivity (Wildman–Crippen MR) is 162 cm³/mol. The Morgan fingerprint density at radius 2 is 1.55 bits per heavy atom. The summed E-state index contributed by atoms with van der Waals surface area (Å²) in [7, 11) is 2.02. The number of urea groups is 1. The summed E-state index contributed by atoms with van der Waals surface area (Å²) < 4.78 is 28.2. The molecule has 0 unspecified atom stereocenters. The lowest BCUT2D eigenvalue weighted by Gasteiger charge is -2.38. The third kappa shape index (κ3) is 6.31. The maximum Gasteiger partial charge on any atom is 0.323 e. The van der Waals surface area contributed by atoms with Crippen molar-refractivity contribution in [1.29, 1.82) is 0 Å². The van der Waals surface area contributed by atoms with Crippen molar-refractivity contribution in [2.24, 2.45) is 5.92 Å². The minimum Gasteiger partial charge on any atom is -0.488 e. The fourth-order valence-electron chi connectivity index (χ4n) is 5.51. The zero-order valence-corrected chi connectivity index (χ0v) is 24.9. The smallest absolute Gasteiger partial charge is 0.323 e. The summed E-state index contributed by atoms with van der Waals surface area (Å²) in [4.78, 5) is 30.5. The minimum atomic E-state index is -0.486. The van der Waals surface area contributed by atoms with E-state index in [1.807, 2.05) is 39.1 Å². The number of carbonyl (C=O) groups excluding carboxylic acids is 2. The molecule has 0 aromatic heterocycles. The molecule has 3 heterocycles. The topological polar surface area (TPSA) is 131 Å². The van der Waals surface area contributed by atoms with E-state index in [1.54, 1.807) is 41.3 Å². The Balaban J connectivity index is 1.19. The van der Waals surface area contributed by atoms with Crippen LogP contribution in [0.1, 0.15) is 29.8 Å². The number of benzene rings is 3. The van der Waals surface area contributed by atoms with Gasteiger partial charge in [-0.1, -0.05) is 13.0 Å². The van der Waals surface area contributed by atoms with Crippen LogP contribution in [0.4, 0.5) is 16.2 Å². The highest BCUT2D eigenvalue weighted by Gasteiger charge is 2.33. The van der Waals surface area contributed by atoms with Gasteiger partial charge in [0.15, 0.2) is 23.0 Å². The number of fused-ring (bicyclic) bond motifs is 3. The molecular weight excluding hydrogens is 568 g/mol. The number of likely N-dealkylation sites (N-methyl/N-ethyl adjacent to an activating group) is 1. The van der Waals surface area contributed by atoms with Crippen LogP contribution in [-0.2, 0) is 6.54 Å². The molecule has 0 saturated heterocycles. The number of hydrogen-bond acceptors (Lipinski definition) is 9. The van der Waals surface area contributed by atoms with Crippen molar-refractivity contribution >= 4 is 23.3 Å². The first-order chi connectivity index (χ1) is 21.3. The molecule has 0 saturated carbocycles. The average molecular weight is 605 g/mol. The second-order valence-electron chi connectivity index (χ2n) is 11.4. The molecule has 0 spiro atoms. The van der Waals surface area contributed by atoms with E-state index >= 15 is 0 Å². The summed E-state index contributed by atoms with van der Waals surface area (Å²) in [6.45, 7) is 5.68. The average Bonchev–Trinajstić information content (AvgIpc) is 3.68. The van der Waals surface area contributed by atoms with Crippen LogP contribution in [0.15, 0.2) is 54.6 Å². The lowest BCUT2D eigenvalue weighted by molar-refractivity contribution is 0.0341. The zero-order chi connectivity index (χ0) is 30.8. The molecule has 0 bridgehead atoms. The van der Waals surface area contributed by atoms with Crippen molar-refractivity contribution in [2.45, 2.75) is 32.5 Å². The molecule has 3 amide bonds. The SMILES string of the molecule is C[C@H]1CN([C@@H](C)CO)C(=O)c2cc(NC(=O)Nc3ccc4c(c3)OCO4)ccc2O[C@@H]1CN(C)Cc1ccc2c(c1)OCO2. The summed E-state index contributed by atoms with van der Waals surface area (Å²) in [5, 5.41) is 15.5. The Morgan fingerprint density at radius 1 is 0.932 bits per heavy atom. The van der Waals surface area contributed by atoms with E-state index in [2.05, 4.69) is 15.5 Å². The number of aliphatic hydroxyl groups is 1. The van der Waals surface area contributed by atoms with E-state index < -0.39 is 12.1 Å². The Bertz CT molecular complexity index is 1550. The Hall–Kier alpha value is -4.68. The van der Waals surface area contributed by atoms with Crippen LogP contribution >= 0.6 is 0 Å². The fourth-order valence-corrected chi connectivity index (χ4v) is 5.51. The quantitative estimate of drug-likeness (QED) is 0.347. The molecule has 3 aliphatic rings. The van der Waals surface area contributed by atoms with Gasteiger partial charge in [0.25, 0.3) is 5.91 Å². The van der Waals surface area contributed by atoms with E-state index in [0.29, 0.717) is 53.8 Å². The van der Waals surface area contributed by atoms with Crippen molar-refractivity contribution in [3.05, 3.63) is 65.7 Å². The highest BCUT2D eigenvalue weighted by atomic mass is 16.7. The largest absolute Gasteiger partial charge is 0.488 e. The van der Waals surface area contributed by atoms with Gasteiger partial charge in [-0.3, -0.25) is 9.69 Å². The molecular formula is C32H36N4O8. The molecule has 0 fully saturated rings. The van der Waals surface area contributed by atoms with Gasteiger partial charge in [-0.2, -0.15) is 0 Å². The molecule has 12 nitrogen and oxygen atoms in total. The fraction of sp³-hybridized carbons (Fsp3) is 0.375. The van der Waals surface area contributed by atoms with Crippen LogP contribution in [0, 0.1) is 5.92 Å². The standard InChI is InChI=1S/C32H36N4O8/c1-19-13-36(20(2)16-37)31(38)24-11-22(33-32(39)34-23-6-9-27-29(12-23)43-18-41-27)5-8-25(24)44-30(19)15-35(3)14-21-4-7-26-28(10-21)42-17-40-26/h4-12,19-20,30,37H,13-18H2,1-3H3,(H2,33,34,39)/t19-,20-,30+/m0/s1. The predicted octanol–water partition coefficient (Wildman–Crippen LogP) is 4.14. The van der Waals surface area contributed by atoms with Crippen molar-refractivity contribution in [2.75, 3.05) is 51.0 Å².